The van der Waals surface area contributed by atoms with E-state index in [1.165, 1.54) is 0 Å². The molecule has 36 heavy (non-hydrogen) atoms. The van der Waals surface area contributed by atoms with E-state index in [9.17, 15) is 14.4 Å². The summed E-state index contributed by atoms with van der Waals surface area (Å²) in [4.78, 5) is 35.9. The van der Waals surface area contributed by atoms with Crippen LogP contribution >= 0.6 is 0 Å². The molecule has 0 saturated heterocycles. The highest BCUT2D eigenvalue weighted by atomic mass is 16.5. The maximum atomic E-state index is 12.5. The average molecular weight is 491 g/mol. The van der Waals surface area contributed by atoms with Gasteiger partial charge in [0.15, 0.2) is 0 Å². The van der Waals surface area contributed by atoms with E-state index in [2.05, 4.69) is 6.58 Å². The van der Waals surface area contributed by atoms with Crippen molar-refractivity contribution in [3.63, 3.8) is 0 Å². The Morgan fingerprint density at radius 1 is 0.778 bits per heavy atom. The molecule has 0 fully saturated rings. The number of carbonyl (C=O) groups excluding carboxylic acids is 3. The number of ether oxygens (including phenoxy) is 5. The van der Waals surface area contributed by atoms with Crippen molar-refractivity contribution in [1.82, 2.24) is 0 Å². The van der Waals surface area contributed by atoms with Crippen molar-refractivity contribution in [2.45, 2.75) is 13.3 Å². The maximum Gasteiger partial charge on any atom is 0.343 e. The molecule has 0 aliphatic rings. The Labute approximate surface area is 209 Å². The summed E-state index contributed by atoms with van der Waals surface area (Å²) in [6.45, 7) is 5.65. The second-order valence-corrected chi connectivity index (χ2v) is 7.53. The van der Waals surface area contributed by atoms with Gasteiger partial charge >= 0.3 is 17.9 Å². The van der Waals surface area contributed by atoms with Gasteiger partial charge in [0.1, 0.15) is 23.0 Å². The van der Waals surface area contributed by atoms with Crippen molar-refractivity contribution in [1.29, 1.82) is 0 Å². The SMILES string of the molecule is C=CC(=O)OCCCOc1ccc(C(=O)Oc2ccc(OC(=O)c3ccc(OC)cc3)c(C)c2)cc1. The van der Waals surface area contributed by atoms with Crippen LogP contribution in [0, 0.1) is 6.92 Å². The molecular formula is C28H26O8. The summed E-state index contributed by atoms with van der Waals surface area (Å²) in [6.07, 6.45) is 1.63. The minimum absolute atomic E-state index is 0.230. The maximum absolute atomic E-state index is 12.5. The Morgan fingerprint density at radius 3 is 1.94 bits per heavy atom. The van der Waals surface area contributed by atoms with Crippen molar-refractivity contribution in [3.05, 3.63) is 96.1 Å². The topological polar surface area (TPSA) is 97.4 Å². The second-order valence-electron chi connectivity index (χ2n) is 7.53. The monoisotopic (exact) mass is 490 g/mol. The lowest BCUT2D eigenvalue weighted by Gasteiger charge is -2.11. The van der Waals surface area contributed by atoms with Crippen LogP contribution in [0.2, 0.25) is 0 Å². The number of rotatable bonds is 11. The predicted molar refractivity (Wildman–Crippen MR) is 132 cm³/mol. The fourth-order valence-corrected chi connectivity index (χ4v) is 3.02. The van der Waals surface area contributed by atoms with Crippen molar-refractivity contribution in [2.75, 3.05) is 20.3 Å². The van der Waals surface area contributed by atoms with Gasteiger partial charge < -0.3 is 23.7 Å². The first-order valence-electron chi connectivity index (χ1n) is 11.1. The van der Waals surface area contributed by atoms with Crippen LogP contribution in [0.5, 0.6) is 23.0 Å². The third-order valence-corrected chi connectivity index (χ3v) is 4.94. The van der Waals surface area contributed by atoms with Crippen molar-refractivity contribution in [2.24, 2.45) is 0 Å². The lowest BCUT2D eigenvalue weighted by Crippen LogP contribution is -2.10. The molecule has 3 rings (SSSR count). The van der Waals surface area contributed by atoms with E-state index in [-0.39, 0.29) is 6.61 Å². The number of esters is 3. The lowest BCUT2D eigenvalue weighted by atomic mass is 10.2. The largest absolute Gasteiger partial charge is 0.497 e. The van der Waals surface area contributed by atoms with Gasteiger partial charge in [0.2, 0.25) is 0 Å². The van der Waals surface area contributed by atoms with Crippen molar-refractivity contribution < 1.29 is 38.1 Å². The Balaban J connectivity index is 1.51. The van der Waals surface area contributed by atoms with Crippen molar-refractivity contribution in [3.8, 4) is 23.0 Å². The van der Waals surface area contributed by atoms with Crippen LogP contribution in [-0.2, 0) is 9.53 Å². The number of hydrogen-bond donors (Lipinski definition) is 0. The zero-order valence-electron chi connectivity index (χ0n) is 20.0. The van der Waals surface area contributed by atoms with E-state index >= 15 is 0 Å². The van der Waals surface area contributed by atoms with Gasteiger partial charge in [0, 0.05) is 12.5 Å². The summed E-state index contributed by atoms with van der Waals surface area (Å²) in [6, 6.07) is 17.8. The summed E-state index contributed by atoms with van der Waals surface area (Å²) < 4.78 is 26.4. The standard InChI is InChI=1S/C28H26O8/c1-4-26(29)34-17-5-16-33-23-12-8-20(9-13-23)27(30)35-24-14-15-25(19(2)18-24)36-28(31)21-6-10-22(32-3)11-7-21/h4,6-15,18H,1,5,16-17H2,2-3H3. The molecule has 0 aromatic heterocycles. The van der Waals surface area contributed by atoms with E-state index in [1.807, 2.05) is 0 Å². The summed E-state index contributed by atoms with van der Waals surface area (Å²) in [5.41, 5.74) is 1.36. The summed E-state index contributed by atoms with van der Waals surface area (Å²) >= 11 is 0. The fraction of sp³-hybridized carbons (Fsp3) is 0.179. The lowest BCUT2D eigenvalue weighted by molar-refractivity contribution is -0.137. The predicted octanol–water partition coefficient (Wildman–Crippen LogP) is 4.94. The van der Waals surface area contributed by atoms with Crippen LogP contribution < -0.4 is 18.9 Å². The first kappa shape index (κ1) is 26.0. The van der Waals surface area contributed by atoms with Crippen LogP contribution in [-0.4, -0.2) is 38.2 Å². The first-order chi connectivity index (χ1) is 17.4. The van der Waals surface area contributed by atoms with Gasteiger partial charge in [-0.1, -0.05) is 6.58 Å². The van der Waals surface area contributed by atoms with Crippen LogP contribution in [0.1, 0.15) is 32.7 Å². The number of hydrogen-bond acceptors (Lipinski definition) is 8. The number of carbonyl (C=O) groups is 3. The highest BCUT2D eigenvalue weighted by molar-refractivity contribution is 5.92. The van der Waals surface area contributed by atoms with Crippen molar-refractivity contribution >= 4 is 17.9 Å². The Bertz CT molecular complexity index is 1210. The molecule has 0 bridgehead atoms. The van der Waals surface area contributed by atoms with E-state index < -0.39 is 17.9 Å². The molecule has 0 atom stereocenters. The molecule has 0 N–H and O–H groups in total. The van der Waals surface area contributed by atoms with E-state index in [0.29, 0.717) is 52.7 Å². The first-order valence-corrected chi connectivity index (χ1v) is 11.1. The van der Waals surface area contributed by atoms with Gasteiger partial charge in [-0.15, -0.1) is 0 Å². The van der Waals surface area contributed by atoms with Gasteiger partial charge in [-0.2, -0.15) is 0 Å². The molecule has 0 aliphatic heterocycles. The smallest absolute Gasteiger partial charge is 0.343 e. The molecule has 186 valence electrons. The van der Waals surface area contributed by atoms with Gasteiger partial charge in [-0.05, 0) is 79.2 Å². The molecule has 0 heterocycles. The van der Waals surface area contributed by atoms with E-state index in [0.717, 1.165) is 6.08 Å². The minimum Gasteiger partial charge on any atom is -0.497 e. The molecule has 0 spiro atoms. The molecule has 8 nitrogen and oxygen atoms in total. The molecule has 0 radical (unpaired) electrons. The second kappa shape index (κ2) is 12.8. The molecule has 0 saturated carbocycles. The molecule has 8 heteroatoms. The normalized spacial score (nSPS) is 10.2. The minimum atomic E-state index is -0.541. The van der Waals surface area contributed by atoms with E-state index in [4.69, 9.17) is 23.7 Å². The Kier molecular flexibility index (Phi) is 9.22. The molecule has 3 aromatic carbocycles. The summed E-state index contributed by atoms with van der Waals surface area (Å²) in [5.74, 6) is 0.357. The Morgan fingerprint density at radius 2 is 1.36 bits per heavy atom. The molecular weight excluding hydrogens is 464 g/mol. The zero-order valence-corrected chi connectivity index (χ0v) is 20.0. The molecule has 3 aromatic rings. The van der Waals surface area contributed by atoms with Crippen LogP contribution in [0.4, 0.5) is 0 Å². The average Bonchev–Trinajstić information content (AvgIpc) is 2.90. The quantitative estimate of drug-likeness (QED) is 0.161. The van der Waals surface area contributed by atoms with Gasteiger partial charge in [0.25, 0.3) is 0 Å². The van der Waals surface area contributed by atoms with Crippen LogP contribution in [0.3, 0.4) is 0 Å². The van der Waals surface area contributed by atoms with Gasteiger partial charge in [0.05, 0.1) is 31.5 Å². The number of aryl methyl sites for hydroxylation is 1. The Hall–Kier alpha value is -4.59. The highest BCUT2D eigenvalue weighted by Gasteiger charge is 2.13. The highest BCUT2D eigenvalue weighted by Crippen LogP contribution is 2.25. The summed E-state index contributed by atoms with van der Waals surface area (Å²) in [7, 11) is 1.55. The number of methoxy groups -OCH3 is 1. The van der Waals surface area contributed by atoms with Crippen LogP contribution in [0.25, 0.3) is 0 Å². The van der Waals surface area contributed by atoms with E-state index in [1.54, 1.807) is 80.8 Å². The zero-order chi connectivity index (χ0) is 25.9. The molecule has 0 aliphatic carbocycles. The molecule has 0 amide bonds. The summed E-state index contributed by atoms with van der Waals surface area (Å²) in [5, 5.41) is 0. The fourth-order valence-electron chi connectivity index (χ4n) is 3.02. The van der Waals surface area contributed by atoms with Gasteiger partial charge in [-0.25, -0.2) is 14.4 Å². The van der Waals surface area contributed by atoms with Gasteiger partial charge in [-0.3, -0.25) is 0 Å². The third kappa shape index (κ3) is 7.46. The number of benzene rings is 3. The van der Waals surface area contributed by atoms with Crippen LogP contribution in [0.15, 0.2) is 79.4 Å². The molecule has 0 unspecified atom stereocenters. The third-order valence-electron chi connectivity index (χ3n) is 4.94.